The molecule has 1 aromatic heterocycles. The number of benzene rings is 1. The zero-order chi connectivity index (χ0) is 18.2. The molecule has 2 heterocycles. The Hall–Kier alpha value is -2.42. The molecule has 1 fully saturated rings. The van der Waals surface area contributed by atoms with E-state index in [0.29, 0.717) is 31.7 Å². The van der Waals surface area contributed by atoms with Crippen molar-refractivity contribution in [3.63, 3.8) is 0 Å². The first-order chi connectivity index (χ1) is 11.7. The van der Waals surface area contributed by atoms with Gasteiger partial charge in [-0.2, -0.15) is 0 Å². The van der Waals surface area contributed by atoms with Crippen molar-refractivity contribution in [3.8, 4) is 0 Å². The second kappa shape index (κ2) is 6.47. The second-order valence-electron chi connectivity index (χ2n) is 6.86. The quantitative estimate of drug-likeness (QED) is 0.600. The van der Waals surface area contributed by atoms with Crippen molar-refractivity contribution >= 4 is 38.5 Å². The molecule has 134 valence electrons. The third-order valence-corrected chi connectivity index (χ3v) is 4.87. The molecule has 3 rings (SSSR count). The largest absolute Gasteiger partial charge is 0.444 e. The Bertz CT molecular complexity index is 806. The maximum Gasteiger partial charge on any atom is 0.410 e. The SMILES string of the molecule is CC(C)(C)OC(=O)N1CCN(c2nc3cc([N+](=O)[O-])ccc3s2)CC1. The molecule has 8 nitrogen and oxygen atoms in total. The lowest BCUT2D eigenvalue weighted by Crippen LogP contribution is -2.50. The normalized spacial score (nSPS) is 15.5. The van der Waals surface area contributed by atoms with Gasteiger partial charge in [-0.1, -0.05) is 11.3 Å². The number of rotatable bonds is 2. The molecule has 0 N–H and O–H groups in total. The minimum atomic E-state index is -0.504. The summed E-state index contributed by atoms with van der Waals surface area (Å²) in [7, 11) is 0. The van der Waals surface area contributed by atoms with E-state index < -0.39 is 10.5 Å². The van der Waals surface area contributed by atoms with Gasteiger partial charge in [-0.05, 0) is 26.8 Å². The summed E-state index contributed by atoms with van der Waals surface area (Å²) in [6.07, 6.45) is -0.299. The molecule has 25 heavy (non-hydrogen) atoms. The first kappa shape index (κ1) is 17.4. The molecule has 0 spiro atoms. The van der Waals surface area contributed by atoms with Crippen molar-refractivity contribution in [2.24, 2.45) is 0 Å². The first-order valence-corrected chi connectivity index (χ1v) is 8.82. The van der Waals surface area contributed by atoms with E-state index in [4.69, 9.17) is 4.74 Å². The molecule has 2 aromatic rings. The molecule has 0 atom stereocenters. The molecule has 1 aromatic carbocycles. The van der Waals surface area contributed by atoms with Gasteiger partial charge in [0.1, 0.15) is 5.60 Å². The number of hydrogen-bond acceptors (Lipinski definition) is 7. The molecular weight excluding hydrogens is 344 g/mol. The minimum absolute atomic E-state index is 0.0408. The smallest absolute Gasteiger partial charge is 0.410 e. The molecule has 9 heteroatoms. The summed E-state index contributed by atoms with van der Waals surface area (Å²) in [4.78, 5) is 30.9. The molecule has 0 aliphatic carbocycles. The number of aromatic nitrogens is 1. The standard InChI is InChI=1S/C16H20N4O4S/c1-16(2,3)24-15(21)19-8-6-18(7-9-19)14-17-12-10-11(20(22)23)4-5-13(12)25-14/h4-5,10H,6-9H2,1-3H3. The highest BCUT2D eigenvalue weighted by molar-refractivity contribution is 7.22. The number of piperazine rings is 1. The van der Waals surface area contributed by atoms with Crippen LogP contribution in [0.25, 0.3) is 10.2 Å². The van der Waals surface area contributed by atoms with E-state index in [9.17, 15) is 14.9 Å². The summed E-state index contributed by atoms with van der Waals surface area (Å²) >= 11 is 1.50. The van der Waals surface area contributed by atoms with Crippen LogP contribution in [0, 0.1) is 10.1 Å². The Labute approximate surface area is 149 Å². The van der Waals surface area contributed by atoms with Crippen LogP contribution in [-0.4, -0.2) is 52.7 Å². The van der Waals surface area contributed by atoms with Crippen molar-refractivity contribution < 1.29 is 14.5 Å². The fourth-order valence-electron chi connectivity index (χ4n) is 2.56. The molecule has 1 saturated heterocycles. The Kier molecular flexibility index (Phi) is 4.51. The number of hydrogen-bond donors (Lipinski definition) is 0. The van der Waals surface area contributed by atoms with Crippen molar-refractivity contribution in [1.29, 1.82) is 0 Å². The van der Waals surface area contributed by atoms with Gasteiger partial charge < -0.3 is 14.5 Å². The van der Waals surface area contributed by atoms with Crippen molar-refractivity contribution in [2.75, 3.05) is 31.1 Å². The van der Waals surface area contributed by atoms with Crippen molar-refractivity contribution in [2.45, 2.75) is 26.4 Å². The summed E-state index contributed by atoms with van der Waals surface area (Å²) in [6.45, 7) is 7.97. The number of non-ortho nitro benzene ring substituents is 1. The first-order valence-electron chi connectivity index (χ1n) is 8.01. The molecule has 0 radical (unpaired) electrons. The maximum absolute atomic E-state index is 12.1. The Morgan fingerprint density at radius 3 is 2.56 bits per heavy atom. The predicted molar refractivity (Wildman–Crippen MR) is 96.3 cm³/mol. The molecule has 0 unspecified atom stereocenters. The van der Waals surface area contributed by atoms with Crippen LogP contribution in [0.5, 0.6) is 0 Å². The number of amides is 1. The molecule has 0 bridgehead atoms. The monoisotopic (exact) mass is 364 g/mol. The van der Waals surface area contributed by atoms with Crippen LogP contribution in [0.4, 0.5) is 15.6 Å². The lowest BCUT2D eigenvalue weighted by atomic mass is 10.2. The number of nitrogens with zero attached hydrogens (tertiary/aromatic N) is 4. The van der Waals surface area contributed by atoms with Crippen LogP contribution >= 0.6 is 11.3 Å². The average Bonchev–Trinajstić information content (AvgIpc) is 2.96. The third kappa shape index (κ3) is 3.98. The fraction of sp³-hybridized carbons (Fsp3) is 0.500. The number of thiazole rings is 1. The van der Waals surface area contributed by atoms with Gasteiger partial charge in [0.05, 0.1) is 15.1 Å². The van der Waals surface area contributed by atoms with Gasteiger partial charge in [0.25, 0.3) is 5.69 Å². The van der Waals surface area contributed by atoms with E-state index in [2.05, 4.69) is 9.88 Å². The van der Waals surface area contributed by atoms with Crippen LogP contribution in [-0.2, 0) is 4.74 Å². The summed E-state index contributed by atoms with van der Waals surface area (Å²) < 4.78 is 6.31. The number of anilines is 1. The number of fused-ring (bicyclic) bond motifs is 1. The molecule has 0 saturated carbocycles. The van der Waals surface area contributed by atoms with Gasteiger partial charge in [-0.15, -0.1) is 0 Å². The van der Waals surface area contributed by atoms with Crippen LogP contribution in [0.3, 0.4) is 0 Å². The van der Waals surface area contributed by atoms with Crippen LogP contribution in [0.2, 0.25) is 0 Å². The summed E-state index contributed by atoms with van der Waals surface area (Å²) in [5, 5.41) is 11.7. The lowest BCUT2D eigenvalue weighted by molar-refractivity contribution is -0.384. The summed E-state index contributed by atoms with van der Waals surface area (Å²) in [5.41, 5.74) is 0.165. The molecule has 1 aliphatic heterocycles. The lowest BCUT2D eigenvalue weighted by Gasteiger charge is -2.35. The van der Waals surface area contributed by atoms with Gasteiger partial charge >= 0.3 is 6.09 Å². The van der Waals surface area contributed by atoms with Crippen molar-refractivity contribution in [1.82, 2.24) is 9.88 Å². The summed E-state index contributed by atoms with van der Waals surface area (Å²) in [6, 6.07) is 4.71. The zero-order valence-corrected chi connectivity index (χ0v) is 15.2. The van der Waals surface area contributed by atoms with Gasteiger partial charge in [0, 0.05) is 38.3 Å². The Balaban J connectivity index is 1.67. The number of carbonyl (C=O) groups excluding carboxylic acids is 1. The second-order valence-corrected chi connectivity index (χ2v) is 7.87. The molecule has 1 aliphatic rings. The van der Waals surface area contributed by atoms with Crippen LogP contribution in [0.15, 0.2) is 18.2 Å². The highest BCUT2D eigenvalue weighted by atomic mass is 32.1. The van der Waals surface area contributed by atoms with E-state index in [1.165, 1.54) is 23.5 Å². The number of ether oxygens (including phenoxy) is 1. The predicted octanol–water partition coefficient (Wildman–Crippen LogP) is 3.26. The van der Waals surface area contributed by atoms with E-state index >= 15 is 0 Å². The highest BCUT2D eigenvalue weighted by Gasteiger charge is 2.27. The summed E-state index contributed by atoms with van der Waals surface area (Å²) in [5.74, 6) is 0. The fourth-order valence-corrected chi connectivity index (χ4v) is 3.56. The molecular formula is C16H20N4O4S. The maximum atomic E-state index is 12.1. The number of nitro benzene ring substituents is 1. The Morgan fingerprint density at radius 2 is 1.96 bits per heavy atom. The van der Waals surface area contributed by atoms with Crippen LogP contribution in [0.1, 0.15) is 20.8 Å². The Morgan fingerprint density at radius 1 is 1.28 bits per heavy atom. The van der Waals surface area contributed by atoms with Gasteiger partial charge in [-0.25, -0.2) is 9.78 Å². The number of carbonyl (C=O) groups is 1. The number of nitro groups is 1. The highest BCUT2D eigenvalue weighted by Crippen LogP contribution is 2.31. The average molecular weight is 364 g/mol. The van der Waals surface area contributed by atoms with Crippen molar-refractivity contribution in [3.05, 3.63) is 28.3 Å². The van der Waals surface area contributed by atoms with Gasteiger partial charge in [-0.3, -0.25) is 10.1 Å². The van der Waals surface area contributed by atoms with E-state index in [1.807, 2.05) is 20.8 Å². The topological polar surface area (TPSA) is 88.8 Å². The molecule has 1 amide bonds. The third-order valence-electron chi connectivity index (χ3n) is 3.77. The van der Waals surface area contributed by atoms with E-state index in [-0.39, 0.29) is 11.8 Å². The van der Waals surface area contributed by atoms with Gasteiger partial charge in [0.15, 0.2) is 5.13 Å². The van der Waals surface area contributed by atoms with E-state index in [1.54, 1.807) is 11.0 Å². The van der Waals surface area contributed by atoms with E-state index in [0.717, 1.165) is 9.83 Å². The van der Waals surface area contributed by atoms with Gasteiger partial charge in [0.2, 0.25) is 0 Å². The minimum Gasteiger partial charge on any atom is -0.444 e. The van der Waals surface area contributed by atoms with Crippen LogP contribution < -0.4 is 4.90 Å². The zero-order valence-electron chi connectivity index (χ0n) is 14.4.